The van der Waals surface area contributed by atoms with Gasteiger partial charge in [0.25, 0.3) is 0 Å². The van der Waals surface area contributed by atoms with E-state index in [2.05, 4.69) is 5.32 Å². The lowest BCUT2D eigenvalue weighted by Crippen LogP contribution is -2.53. The van der Waals surface area contributed by atoms with Crippen molar-refractivity contribution in [3.05, 3.63) is 0 Å². The molecule has 1 saturated heterocycles. The van der Waals surface area contributed by atoms with Crippen LogP contribution in [-0.4, -0.2) is 76.2 Å². The molecular formula is C11H25N3O4S2. The summed E-state index contributed by atoms with van der Waals surface area (Å²) < 4.78 is 50.2. The molecule has 0 aromatic rings. The van der Waals surface area contributed by atoms with Crippen LogP contribution in [0.25, 0.3) is 0 Å². The smallest absolute Gasteiger partial charge is 0.218 e. The van der Waals surface area contributed by atoms with Crippen LogP contribution in [0.2, 0.25) is 0 Å². The first-order valence-corrected chi connectivity index (χ1v) is 10.2. The fourth-order valence-electron chi connectivity index (χ4n) is 2.10. The number of piperazine rings is 1. The molecule has 20 heavy (non-hydrogen) atoms. The van der Waals surface area contributed by atoms with E-state index in [1.165, 1.54) is 8.61 Å². The monoisotopic (exact) mass is 327 g/mol. The molecule has 9 heteroatoms. The second-order valence-electron chi connectivity index (χ2n) is 5.12. The second kappa shape index (κ2) is 7.17. The van der Waals surface area contributed by atoms with Crippen LogP contribution in [0.3, 0.4) is 0 Å². The molecule has 1 fully saturated rings. The number of sulfonamides is 2. The molecule has 1 heterocycles. The van der Waals surface area contributed by atoms with E-state index in [-0.39, 0.29) is 26.2 Å². The predicted molar refractivity (Wildman–Crippen MR) is 79.5 cm³/mol. The van der Waals surface area contributed by atoms with E-state index in [1.54, 1.807) is 6.92 Å². The second-order valence-corrected chi connectivity index (χ2v) is 9.45. The van der Waals surface area contributed by atoms with Crippen molar-refractivity contribution in [2.45, 2.75) is 25.5 Å². The van der Waals surface area contributed by atoms with Crippen LogP contribution in [0.15, 0.2) is 0 Å². The molecule has 0 bridgehead atoms. The van der Waals surface area contributed by atoms with Gasteiger partial charge in [-0.25, -0.2) is 16.8 Å². The molecule has 1 atom stereocenters. The van der Waals surface area contributed by atoms with Gasteiger partial charge in [-0.1, -0.05) is 6.92 Å². The first-order valence-electron chi connectivity index (χ1n) is 6.84. The molecule has 1 N–H and O–H groups in total. The molecule has 1 unspecified atom stereocenters. The van der Waals surface area contributed by atoms with Crippen molar-refractivity contribution in [1.29, 1.82) is 0 Å². The van der Waals surface area contributed by atoms with E-state index in [1.807, 2.05) is 6.92 Å². The highest BCUT2D eigenvalue weighted by Crippen LogP contribution is 2.14. The van der Waals surface area contributed by atoms with Crippen LogP contribution in [0.1, 0.15) is 20.3 Å². The van der Waals surface area contributed by atoms with Crippen molar-refractivity contribution in [1.82, 2.24) is 13.9 Å². The van der Waals surface area contributed by atoms with Crippen LogP contribution in [-0.2, 0) is 20.0 Å². The minimum atomic E-state index is -3.36. The molecule has 0 aliphatic carbocycles. The lowest BCUT2D eigenvalue weighted by Gasteiger charge is -2.34. The van der Waals surface area contributed by atoms with Crippen molar-refractivity contribution < 1.29 is 16.8 Å². The van der Waals surface area contributed by atoms with E-state index in [9.17, 15) is 16.8 Å². The van der Waals surface area contributed by atoms with Gasteiger partial charge >= 0.3 is 0 Å². The molecule has 0 saturated carbocycles. The third-order valence-electron chi connectivity index (χ3n) is 3.39. The van der Waals surface area contributed by atoms with Crippen LogP contribution in [0, 0.1) is 0 Å². The topological polar surface area (TPSA) is 86.8 Å². The Morgan fingerprint density at radius 1 is 1.05 bits per heavy atom. The van der Waals surface area contributed by atoms with Crippen LogP contribution >= 0.6 is 0 Å². The van der Waals surface area contributed by atoms with Gasteiger partial charge < -0.3 is 5.32 Å². The quantitative estimate of drug-likeness (QED) is 0.624. The van der Waals surface area contributed by atoms with Crippen LogP contribution < -0.4 is 5.32 Å². The average molecular weight is 327 g/mol. The van der Waals surface area contributed by atoms with Gasteiger partial charge in [-0.05, 0) is 19.9 Å². The van der Waals surface area contributed by atoms with E-state index in [0.717, 1.165) is 19.2 Å². The minimum absolute atomic E-state index is 0.229. The summed E-state index contributed by atoms with van der Waals surface area (Å²) in [6.07, 6.45) is 2.11. The van der Waals surface area contributed by atoms with Crippen LogP contribution in [0.5, 0.6) is 0 Å². The molecule has 0 spiro atoms. The van der Waals surface area contributed by atoms with Gasteiger partial charge in [0.1, 0.15) is 0 Å². The third-order valence-corrected chi connectivity index (χ3v) is 6.97. The Morgan fingerprint density at radius 3 is 2.00 bits per heavy atom. The Morgan fingerprint density at radius 2 is 1.55 bits per heavy atom. The van der Waals surface area contributed by atoms with Gasteiger partial charge in [0.15, 0.2) is 0 Å². The van der Waals surface area contributed by atoms with Crippen molar-refractivity contribution in [3.8, 4) is 0 Å². The highest BCUT2D eigenvalue weighted by atomic mass is 32.2. The molecule has 0 aromatic heterocycles. The number of nitrogens with zero attached hydrogens (tertiary/aromatic N) is 2. The zero-order valence-electron chi connectivity index (χ0n) is 12.4. The maximum absolute atomic E-state index is 12.4. The Labute approximate surface area is 122 Å². The maximum Gasteiger partial charge on any atom is 0.218 e. The summed E-state index contributed by atoms with van der Waals surface area (Å²) in [6, 6.07) is 0. The van der Waals surface area contributed by atoms with Crippen molar-refractivity contribution >= 4 is 20.0 Å². The average Bonchev–Trinajstić information content (AvgIpc) is 2.38. The first kappa shape index (κ1) is 17.8. The lowest BCUT2D eigenvalue weighted by molar-refractivity contribution is 0.272. The van der Waals surface area contributed by atoms with E-state index >= 15 is 0 Å². The highest BCUT2D eigenvalue weighted by molar-refractivity contribution is 7.89. The number of hydrogen-bond donors (Lipinski definition) is 1. The van der Waals surface area contributed by atoms with Crippen molar-refractivity contribution in [2.24, 2.45) is 0 Å². The van der Waals surface area contributed by atoms with Gasteiger partial charge in [-0.2, -0.15) is 8.61 Å². The van der Waals surface area contributed by atoms with Gasteiger partial charge in [-0.15, -0.1) is 0 Å². The molecule has 7 nitrogen and oxygen atoms in total. The number of rotatable bonds is 7. The first-order chi connectivity index (χ1) is 9.19. The van der Waals surface area contributed by atoms with Gasteiger partial charge in [-0.3, -0.25) is 0 Å². The normalized spacial score (nSPS) is 20.9. The lowest BCUT2D eigenvalue weighted by atomic mass is 10.4. The van der Waals surface area contributed by atoms with Gasteiger partial charge in [0.05, 0.1) is 11.5 Å². The number of hydrogen-bond acceptors (Lipinski definition) is 5. The summed E-state index contributed by atoms with van der Waals surface area (Å²) in [5.41, 5.74) is 0. The molecule has 0 radical (unpaired) electrons. The zero-order chi connectivity index (χ0) is 15.4. The molecule has 120 valence electrons. The summed E-state index contributed by atoms with van der Waals surface area (Å²) in [4.78, 5) is 0. The Balaban J connectivity index is 2.58. The molecule has 0 aromatic carbocycles. The fourth-order valence-corrected chi connectivity index (χ4v) is 4.43. The zero-order valence-corrected chi connectivity index (χ0v) is 14.0. The molecule has 1 rings (SSSR count). The fraction of sp³-hybridized carbons (Fsp3) is 1.00. The Kier molecular flexibility index (Phi) is 6.39. The van der Waals surface area contributed by atoms with E-state index in [0.29, 0.717) is 6.54 Å². The summed E-state index contributed by atoms with van der Waals surface area (Å²) in [5.74, 6) is 0. The van der Waals surface area contributed by atoms with Crippen molar-refractivity contribution in [3.63, 3.8) is 0 Å². The summed E-state index contributed by atoms with van der Waals surface area (Å²) in [7, 11) is -6.60. The Bertz CT molecular complexity index is 496. The number of nitrogens with one attached hydrogen (secondary N) is 1. The minimum Gasteiger partial charge on any atom is -0.315 e. The Hall–Kier alpha value is -0.220. The van der Waals surface area contributed by atoms with E-state index < -0.39 is 25.3 Å². The molecule has 0 amide bonds. The van der Waals surface area contributed by atoms with Crippen molar-refractivity contribution in [2.75, 3.05) is 45.5 Å². The SMILES string of the molecule is CCCNCC(C)S(=O)(=O)N1CCN(S(C)(=O)=O)CC1. The maximum atomic E-state index is 12.4. The van der Waals surface area contributed by atoms with E-state index in [4.69, 9.17) is 0 Å². The summed E-state index contributed by atoms with van der Waals surface area (Å²) in [5, 5.41) is 2.60. The largest absolute Gasteiger partial charge is 0.315 e. The molecule has 1 aliphatic heterocycles. The summed E-state index contributed by atoms with van der Waals surface area (Å²) in [6.45, 7) is 5.84. The predicted octanol–water partition coefficient (Wildman–Crippen LogP) is -0.718. The molecular weight excluding hydrogens is 302 g/mol. The van der Waals surface area contributed by atoms with Gasteiger partial charge in [0, 0.05) is 32.7 Å². The summed E-state index contributed by atoms with van der Waals surface area (Å²) >= 11 is 0. The highest BCUT2D eigenvalue weighted by Gasteiger charge is 2.33. The molecule has 1 aliphatic rings. The third kappa shape index (κ3) is 4.66. The standard InChI is InChI=1S/C11H25N3O4S2/c1-4-5-12-10-11(2)20(17,18)14-8-6-13(7-9-14)19(3,15)16/h11-12H,4-10H2,1-3H3. The van der Waals surface area contributed by atoms with Gasteiger partial charge in [0.2, 0.25) is 20.0 Å². The van der Waals surface area contributed by atoms with Crippen LogP contribution in [0.4, 0.5) is 0 Å².